The second-order valence-corrected chi connectivity index (χ2v) is 10.3. The lowest BCUT2D eigenvalue weighted by Crippen LogP contribution is -2.44. The number of piperidine rings is 1. The molecule has 0 aliphatic carbocycles. The van der Waals surface area contributed by atoms with Crippen LogP contribution < -0.4 is 9.80 Å². The fourth-order valence-electron chi connectivity index (χ4n) is 5.75. The number of rotatable bonds is 5. The summed E-state index contributed by atoms with van der Waals surface area (Å²) in [7, 11) is 2.21. The van der Waals surface area contributed by atoms with Crippen LogP contribution in [0, 0.1) is 23.2 Å². The lowest BCUT2D eigenvalue weighted by Gasteiger charge is -2.38. The Hall–Kier alpha value is -3.10. The maximum Gasteiger partial charge on any atom is 0.101 e. The minimum absolute atomic E-state index is 0.651. The molecule has 0 amide bonds. The highest BCUT2D eigenvalue weighted by Gasteiger charge is 2.26. The van der Waals surface area contributed by atoms with Gasteiger partial charge in [-0.05, 0) is 80.1 Å². The average Bonchev–Trinajstić information content (AvgIpc) is 2.87. The fraction of sp³-hybridized carbons (Fsp3) is 0.448. The molecule has 0 saturated carbocycles. The fourth-order valence-corrected chi connectivity index (χ4v) is 5.75. The van der Waals surface area contributed by atoms with Crippen LogP contribution >= 0.6 is 0 Å². The van der Waals surface area contributed by atoms with E-state index in [1.807, 2.05) is 12.1 Å². The van der Waals surface area contributed by atoms with Gasteiger partial charge in [-0.1, -0.05) is 19.1 Å². The standard InChI is InChI=1S/C29H35N5/c1-22-17-24(9-8-23-5-3-6-26(18-23)33-15-13-32(2)14-16-33)21-34(20-22)28-11-10-25(19-30)29-27(28)7-4-12-31-29/h3-7,10-12,18,22,24H,8-9,13-17,20-21H2,1-2H3/t22-,24+/m0/s1. The van der Waals surface area contributed by atoms with Gasteiger partial charge < -0.3 is 14.7 Å². The van der Waals surface area contributed by atoms with Crippen molar-refractivity contribution in [2.75, 3.05) is 56.1 Å². The Labute approximate surface area is 203 Å². The van der Waals surface area contributed by atoms with Crippen LogP contribution in [0.5, 0.6) is 0 Å². The van der Waals surface area contributed by atoms with E-state index in [2.05, 4.69) is 76.1 Å². The molecule has 0 N–H and O–H groups in total. The Morgan fingerprint density at radius 3 is 2.68 bits per heavy atom. The molecule has 0 bridgehead atoms. The molecule has 2 saturated heterocycles. The van der Waals surface area contributed by atoms with Gasteiger partial charge in [0.25, 0.3) is 0 Å². The topological polar surface area (TPSA) is 46.4 Å². The molecule has 0 spiro atoms. The summed E-state index contributed by atoms with van der Waals surface area (Å²) in [6, 6.07) is 19.6. The Bertz CT molecular complexity index is 1170. The van der Waals surface area contributed by atoms with E-state index in [-0.39, 0.29) is 0 Å². The van der Waals surface area contributed by atoms with Crippen molar-refractivity contribution in [3.8, 4) is 6.07 Å². The first-order valence-corrected chi connectivity index (χ1v) is 12.7. The van der Waals surface area contributed by atoms with Gasteiger partial charge in [0.05, 0.1) is 11.1 Å². The predicted molar refractivity (Wildman–Crippen MR) is 140 cm³/mol. The van der Waals surface area contributed by atoms with E-state index in [1.54, 1.807) is 6.20 Å². The minimum Gasteiger partial charge on any atom is -0.370 e. The molecule has 2 aliphatic rings. The van der Waals surface area contributed by atoms with E-state index >= 15 is 0 Å². The number of hydrogen-bond donors (Lipinski definition) is 0. The van der Waals surface area contributed by atoms with Gasteiger partial charge in [-0.15, -0.1) is 0 Å². The van der Waals surface area contributed by atoms with Crippen molar-refractivity contribution in [2.45, 2.75) is 26.2 Å². The molecule has 5 heteroatoms. The summed E-state index contributed by atoms with van der Waals surface area (Å²) < 4.78 is 0. The lowest BCUT2D eigenvalue weighted by molar-refractivity contribution is 0.312. The number of nitriles is 1. The zero-order valence-corrected chi connectivity index (χ0v) is 20.5. The van der Waals surface area contributed by atoms with Gasteiger partial charge >= 0.3 is 0 Å². The first-order valence-electron chi connectivity index (χ1n) is 12.7. The van der Waals surface area contributed by atoms with E-state index in [0.717, 1.165) is 56.6 Å². The van der Waals surface area contributed by atoms with Gasteiger partial charge in [0, 0.05) is 62.2 Å². The van der Waals surface area contributed by atoms with Gasteiger partial charge in [-0.2, -0.15) is 5.26 Å². The summed E-state index contributed by atoms with van der Waals surface area (Å²) in [6.45, 7) is 9.00. The highest BCUT2D eigenvalue weighted by molar-refractivity contribution is 5.95. The van der Waals surface area contributed by atoms with E-state index < -0.39 is 0 Å². The molecule has 176 valence electrons. The van der Waals surface area contributed by atoms with Crippen molar-refractivity contribution in [1.29, 1.82) is 5.26 Å². The van der Waals surface area contributed by atoms with E-state index in [4.69, 9.17) is 0 Å². The quantitative estimate of drug-likeness (QED) is 0.547. The Kier molecular flexibility index (Phi) is 6.69. The third kappa shape index (κ3) is 4.88. The molecule has 0 unspecified atom stereocenters. The molecular weight excluding hydrogens is 418 g/mol. The predicted octanol–water partition coefficient (Wildman–Crippen LogP) is 4.95. The summed E-state index contributed by atoms with van der Waals surface area (Å²) in [5.74, 6) is 1.32. The normalized spacial score (nSPS) is 21.6. The van der Waals surface area contributed by atoms with Gasteiger partial charge in [0.1, 0.15) is 6.07 Å². The zero-order chi connectivity index (χ0) is 23.5. The first kappa shape index (κ1) is 22.7. The van der Waals surface area contributed by atoms with Crippen LogP contribution in [0.15, 0.2) is 54.7 Å². The van der Waals surface area contributed by atoms with Gasteiger partial charge in [0.15, 0.2) is 0 Å². The number of anilines is 2. The van der Waals surface area contributed by atoms with Crippen molar-refractivity contribution < 1.29 is 0 Å². The van der Waals surface area contributed by atoms with Crippen LogP contribution in [-0.2, 0) is 6.42 Å². The van der Waals surface area contributed by atoms with Crippen LogP contribution in [-0.4, -0.2) is 56.2 Å². The number of aryl methyl sites for hydroxylation is 1. The van der Waals surface area contributed by atoms with Crippen molar-refractivity contribution in [2.24, 2.45) is 11.8 Å². The smallest absolute Gasteiger partial charge is 0.101 e. The third-order valence-electron chi connectivity index (χ3n) is 7.57. The Balaban J connectivity index is 1.28. The second-order valence-electron chi connectivity index (χ2n) is 10.3. The maximum absolute atomic E-state index is 9.50. The molecule has 0 radical (unpaired) electrons. The number of aromatic nitrogens is 1. The van der Waals surface area contributed by atoms with Gasteiger partial charge in [-0.3, -0.25) is 4.98 Å². The van der Waals surface area contributed by atoms with Crippen LogP contribution in [0.4, 0.5) is 11.4 Å². The number of pyridine rings is 1. The summed E-state index contributed by atoms with van der Waals surface area (Å²) >= 11 is 0. The maximum atomic E-state index is 9.50. The third-order valence-corrected chi connectivity index (χ3v) is 7.57. The largest absolute Gasteiger partial charge is 0.370 e. The number of benzene rings is 2. The lowest BCUT2D eigenvalue weighted by atomic mass is 9.86. The van der Waals surface area contributed by atoms with Gasteiger partial charge in [-0.25, -0.2) is 0 Å². The molecule has 2 atom stereocenters. The molecular formula is C29H35N5. The van der Waals surface area contributed by atoms with Crippen molar-refractivity contribution in [3.63, 3.8) is 0 Å². The molecule has 34 heavy (non-hydrogen) atoms. The zero-order valence-electron chi connectivity index (χ0n) is 20.5. The second kappa shape index (κ2) is 10.0. The number of hydrogen-bond acceptors (Lipinski definition) is 5. The first-order chi connectivity index (χ1) is 16.6. The van der Waals surface area contributed by atoms with Crippen molar-refractivity contribution in [3.05, 3.63) is 65.9 Å². The highest BCUT2D eigenvalue weighted by Crippen LogP contribution is 2.34. The van der Waals surface area contributed by atoms with Crippen LogP contribution in [0.3, 0.4) is 0 Å². The number of fused-ring (bicyclic) bond motifs is 1. The van der Waals surface area contributed by atoms with Crippen molar-refractivity contribution in [1.82, 2.24) is 9.88 Å². The minimum atomic E-state index is 0.651. The van der Waals surface area contributed by atoms with Gasteiger partial charge in [0.2, 0.25) is 0 Å². The highest BCUT2D eigenvalue weighted by atomic mass is 15.2. The van der Waals surface area contributed by atoms with E-state index in [9.17, 15) is 5.26 Å². The number of nitrogens with zero attached hydrogens (tertiary/aromatic N) is 5. The molecule has 1 aromatic heterocycles. The monoisotopic (exact) mass is 453 g/mol. The van der Waals surface area contributed by atoms with E-state index in [0.29, 0.717) is 17.4 Å². The summed E-state index contributed by atoms with van der Waals surface area (Å²) in [4.78, 5) is 12.0. The summed E-state index contributed by atoms with van der Waals surface area (Å²) in [5, 5.41) is 10.6. The Morgan fingerprint density at radius 1 is 1.00 bits per heavy atom. The average molecular weight is 454 g/mol. The molecule has 5 rings (SSSR count). The molecule has 3 aromatic rings. The molecule has 2 aromatic carbocycles. The summed E-state index contributed by atoms with van der Waals surface area (Å²) in [5.41, 5.74) is 5.52. The van der Waals surface area contributed by atoms with Crippen LogP contribution in [0.2, 0.25) is 0 Å². The Morgan fingerprint density at radius 2 is 1.85 bits per heavy atom. The molecule has 3 heterocycles. The summed E-state index contributed by atoms with van der Waals surface area (Å²) in [6.07, 6.45) is 5.40. The van der Waals surface area contributed by atoms with Crippen LogP contribution in [0.1, 0.15) is 30.9 Å². The SMILES string of the molecule is C[C@H]1C[C@@H](CCc2cccc(N3CCN(C)CC3)c2)CN(c2ccc(C#N)c3ncccc23)C1. The van der Waals surface area contributed by atoms with E-state index in [1.165, 1.54) is 29.8 Å². The number of piperazine rings is 1. The number of likely N-dealkylation sites (N-methyl/N-ethyl adjacent to an activating group) is 1. The van der Waals surface area contributed by atoms with Crippen molar-refractivity contribution >= 4 is 22.3 Å². The van der Waals surface area contributed by atoms with Crippen LogP contribution in [0.25, 0.3) is 10.9 Å². The molecule has 2 aliphatic heterocycles. The molecule has 2 fully saturated rings. The molecule has 5 nitrogen and oxygen atoms in total.